The molecular formula is C17H14N8O. The first kappa shape index (κ1) is 15.6. The third-order valence-electron chi connectivity index (χ3n) is 3.69. The van der Waals surface area contributed by atoms with Gasteiger partial charge in [-0.15, -0.1) is 15.3 Å². The van der Waals surface area contributed by atoms with E-state index in [1.165, 1.54) is 4.68 Å². The number of anilines is 1. The molecule has 2 aromatic heterocycles. The number of H-pyrrole nitrogens is 1. The van der Waals surface area contributed by atoms with Crippen LogP contribution in [-0.2, 0) is 11.3 Å². The van der Waals surface area contributed by atoms with Crippen molar-refractivity contribution >= 4 is 11.6 Å². The number of rotatable bonds is 5. The molecule has 26 heavy (non-hydrogen) atoms. The second-order valence-electron chi connectivity index (χ2n) is 5.53. The summed E-state index contributed by atoms with van der Waals surface area (Å²) in [5.41, 5.74) is 3.16. The Morgan fingerprint density at radius 2 is 1.81 bits per heavy atom. The van der Waals surface area contributed by atoms with E-state index in [4.69, 9.17) is 0 Å². The van der Waals surface area contributed by atoms with Crippen molar-refractivity contribution < 1.29 is 4.79 Å². The minimum absolute atomic E-state index is 0.0758. The van der Waals surface area contributed by atoms with E-state index < -0.39 is 0 Å². The lowest BCUT2D eigenvalue weighted by molar-refractivity contribution is -0.116. The number of tetrazole rings is 1. The Kier molecular flexibility index (Phi) is 4.17. The van der Waals surface area contributed by atoms with Crippen LogP contribution in [0.5, 0.6) is 0 Å². The first-order chi connectivity index (χ1) is 12.8. The van der Waals surface area contributed by atoms with Gasteiger partial charge in [0, 0.05) is 16.8 Å². The zero-order chi connectivity index (χ0) is 17.8. The molecular weight excluding hydrogens is 332 g/mol. The fraction of sp³-hybridized carbons (Fsp3) is 0.0588. The number of carbonyl (C=O) groups excluding carboxylic acids is 1. The summed E-state index contributed by atoms with van der Waals surface area (Å²) < 4.78 is 1.51. The SMILES string of the molecule is O=C(Cn1cc(-c2ccccc2)nn1)Nc1ccc(-c2nn[nH]n2)cc1. The average Bonchev–Trinajstić information content (AvgIpc) is 3.35. The maximum Gasteiger partial charge on any atom is 0.246 e. The standard InChI is InChI=1S/C17H14N8O/c26-16(11-25-10-15(19-24-25)12-4-2-1-3-5-12)18-14-8-6-13(7-9-14)17-20-22-23-21-17/h1-10H,11H2,(H,18,26)(H,20,21,22,23). The van der Waals surface area contributed by atoms with Crippen LogP contribution in [0.2, 0.25) is 0 Å². The number of nitrogens with zero attached hydrogens (tertiary/aromatic N) is 6. The molecule has 0 spiro atoms. The summed E-state index contributed by atoms with van der Waals surface area (Å²) in [6.07, 6.45) is 1.74. The van der Waals surface area contributed by atoms with Gasteiger partial charge in [0.25, 0.3) is 0 Å². The van der Waals surface area contributed by atoms with Crippen molar-refractivity contribution in [2.45, 2.75) is 6.54 Å². The molecule has 0 saturated heterocycles. The normalized spacial score (nSPS) is 10.6. The Morgan fingerprint density at radius 3 is 2.54 bits per heavy atom. The Labute approximate surface area is 148 Å². The molecule has 0 radical (unpaired) electrons. The maximum atomic E-state index is 12.2. The van der Waals surface area contributed by atoms with E-state index in [2.05, 4.69) is 36.3 Å². The van der Waals surface area contributed by atoms with E-state index >= 15 is 0 Å². The van der Waals surface area contributed by atoms with Gasteiger partial charge in [0.05, 0.1) is 6.20 Å². The molecule has 0 unspecified atom stereocenters. The molecule has 0 bridgehead atoms. The lowest BCUT2D eigenvalue weighted by atomic mass is 10.2. The molecule has 0 aliphatic heterocycles. The average molecular weight is 346 g/mol. The number of aromatic nitrogens is 7. The van der Waals surface area contributed by atoms with Crippen molar-refractivity contribution in [2.24, 2.45) is 0 Å². The molecule has 2 heterocycles. The van der Waals surface area contributed by atoms with Crippen LogP contribution in [0.4, 0.5) is 5.69 Å². The predicted molar refractivity (Wildman–Crippen MR) is 93.7 cm³/mol. The summed E-state index contributed by atoms with van der Waals surface area (Å²) in [4.78, 5) is 12.2. The van der Waals surface area contributed by atoms with Gasteiger partial charge in [0.2, 0.25) is 11.7 Å². The van der Waals surface area contributed by atoms with Gasteiger partial charge in [-0.2, -0.15) is 5.21 Å². The molecule has 4 aromatic rings. The van der Waals surface area contributed by atoms with Gasteiger partial charge < -0.3 is 5.32 Å². The van der Waals surface area contributed by atoms with Gasteiger partial charge in [-0.25, -0.2) is 4.68 Å². The molecule has 4 rings (SSSR count). The van der Waals surface area contributed by atoms with Crippen molar-refractivity contribution in [1.29, 1.82) is 0 Å². The van der Waals surface area contributed by atoms with E-state index in [-0.39, 0.29) is 12.5 Å². The van der Waals surface area contributed by atoms with Gasteiger partial charge in [-0.05, 0) is 29.5 Å². The van der Waals surface area contributed by atoms with E-state index in [9.17, 15) is 4.79 Å². The molecule has 0 saturated carbocycles. The number of nitrogens with one attached hydrogen (secondary N) is 2. The molecule has 128 valence electrons. The first-order valence-electron chi connectivity index (χ1n) is 7.87. The zero-order valence-corrected chi connectivity index (χ0v) is 13.6. The van der Waals surface area contributed by atoms with Gasteiger partial charge in [0.1, 0.15) is 12.2 Å². The minimum Gasteiger partial charge on any atom is -0.324 e. The fourth-order valence-corrected chi connectivity index (χ4v) is 2.45. The van der Waals surface area contributed by atoms with Gasteiger partial charge in [-0.3, -0.25) is 4.79 Å². The van der Waals surface area contributed by atoms with E-state index in [0.29, 0.717) is 11.5 Å². The van der Waals surface area contributed by atoms with Crippen LogP contribution in [0.15, 0.2) is 60.8 Å². The van der Waals surface area contributed by atoms with E-state index in [1.807, 2.05) is 42.5 Å². The number of hydrogen-bond acceptors (Lipinski definition) is 6. The smallest absolute Gasteiger partial charge is 0.246 e. The third kappa shape index (κ3) is 3.46. The van der Waals surface area contributed by atoms with Crippen molar-refractivity contribution in [3.63, 3.8) is 0 Å². The summed E-state index contributed by atoms with van der Waals surface area (Å²) in [6, 6.07) is 16.9. The summed E-state index contributed by atoms with van der Waals surface area (Å²) >= 11 is 0. The molecule has 2 N–H and O–H groups in total. The van der Waals surface area contributed by atoms with Crippen molar-refractivity contribution in [1.82, 2.24) is 35.6 Å². The van der Waals surface area contributed by atoms with Crippen LogP contribution >= 0.6 is 0 Å². The van der Waals surface area contributed by atoms with Gasteiger partial charge in [-0.1, -0.05) is 35.5 Å². The molecule has 2 aromatic carbocycles. The highest BCUT2D eigenvalue weighted by Gasteiger charge is 2.08. The molecule has 0 atom stereocenters. The molecule has 0 fully saturated rings. The Morgan fingerprint density at radius 1 is 1.00 bits per heavy atom. The monoisotopic (exact) mass is 346 g/mol. The third-order valence-corrected chi connectivity index (χ3v) is 3.69. The maximum absolute atomic E-state index is 12.2. The van der Waals surface area contributed by atoms with Gasteiger partial charge >= 0.3 is 0 Å². The van der Waals surface area contributed by atoms with E-state index in [1.54, 1.807) is 18.3 Å². The largest absolute Gasteiger partial charge is 0.324 e. The molecule has 9 heteroatoms. The van der Waals surface area contributed by atoms with Crippen LogP contribution in [0.3, 0.4) is 0 Å². The number of aromatic amines is 1. The van der Waals surface area contributed by atoms with Crippen LogP contribution in [-0.4, -0.2) is 41.5 Å². The van der Waals surface area contributed by atoms with Crippen LogP contribution < -0.4 is 5.32 Å². The summed E-state index contributed by atoms with van der Waals surface area (Å²) in [5.74, 6) is 0.306. The highest BCUT2D eigenvalue weighted by molar-refractivity contribution is 5.90. The Bertz CT molecular complexity index is 993. The topological polar surface area (TPSA) is 114 Å². The zero-order valence-electron chi connectivity index (χ0n) is 13.6. The number of carbonyl (C=O) groups is 1. The second kappa shape index (κ2) is 6.93. The van der Waals surface area contributed by atoms with Crippen LogP contribution in [0.1, 0.15) is 0 Å². The molecule has 0 aliphatic rings. The van der Waals surface area contributed by atoms with Crippen LogP contribution in [0.25, 0.3) is 22.6 Å². The van der Waals surface area contributed by atoms with Crippen molar-refractivity contribution in [3.8, 4) is 22.6 Å². The van der Waals surface area contributed by atoms with E-state index in [0.717, 1.165) is 16.8 Å². The second-order valence-corrected chi connectivity index (χ2v) is 5.53. The van der Waals surface area contributed by atoms with Crippen LogP contribution in [0, 0.1) is 0 Å². The summed E-state index contributed by atoms with van der Waals surface area (Å²) in [6.45, 7) is 0.0758. The quantitative estimate of drug-likeness (QED) is 0.569. The highest BCUT2D eigenvalue weighted by Crippen LogP contribution is 2.17. The number of amides is 1. The fourth-order valence-electron chi connectivity index (χ4n) is 2.45. The lowest BCUT2D eigenvalue weighted by Crippen LogP contribution is -2.19. The highest BCUT2D eigenvalue weighted by atomic mass is 16.2. The molecule has 0 aliphatic carbocycles. The molecule has 1 amide bonds. The summed E-state index contributed by atoms with van der Waals surface area (Å²) in [5, 5.41) is 24.7. The Balaban J connectivity index is 1.39. The van der Waals surface area contributed by atoms with Crippen molar-refractivity contribution in [3.05, 3.63) is 60.8 Å². The molecule has 9 nitrogen and oxygen atoms in total. The predicted octanol–water partition coefficient (Wildman–Crippen LogP) is 1.76. The Hall–Kier alpha value is -3.88. The lowest BCUT2D eigenvalue weighted by Gasteiger charge is -2.05. The summed E-state index contributed by atoms with van der Waals surface area (Å²) in [7, 11) is 0. The van der Waals surface area contributed by atoms with Crippen molar-refractivity contribution in [2.75, 3.05) is 5.32 Å². The van der Waals surface area contributed by atoms with Gasteiger partial charge in [0.15, 0.2) is 0 Å². The first-order valence-corrected chi connectivity index (χ1v) is 7.87. The number of hydrogen-bond donors (Lipinski definition) is 2. The number of benzene rings is 2. The minimum atomic E-state index is -0.193.